The maximum atomic E-state index is 13.1. The molecular formula is C15H19F3N2O2. The van der Waals surface area contributed by atoms with Gasteiger partial charge in [0.15, 0.2) is 0 Å². The third-order valence-corrected chi connectivity index (χ3v) is 4.24. The number of halogens is 3. The van der Waals surface area contributed by atoms with E-state index in [1.807, 2.05) is 0 Å². The molecule has 122 valence electrons. The van der Waals surface area contributed by atoms with Gasteiger partial charge in [-0.3, -0.25) is 4.79 Å². The summed E-state index contributed by atoms with van der Waals surface area (Å²) in [5.74, 6) is -3.75. The molecule has 1 saturated carbocycles. The van der Waals surface area contributed by atoms with Crippen molar-refractivity contribution in [2.45, 2.75) is 33.0 Å². The molecule has 0 heterocycles. The van der Waals surface area contributed by atoms with Crippen molar-refractivity contribution < 1.29 is 23.1 Å². The van der Waals surface area contributed by atoms with Gasteiger partial charge in [-0.25, -0.2) is 0 Å². The summed E-state index contributed by atoms with van der Waals surface area (Å²) in [5, 5.41) is 12.2. The molecule has 1 aliphatic carbocycles. The van der Waals surface area contributed by atoms with E-state index in [1.165, 1.54) is 26.0 Å². The van der Waals surface area contributed by atoms with Crippen LogP contribution in [0.1, 0.15) is 25.8 Å². The first kappa shape index (κ1) is 16.6. The zero-order chi connectivity index (χ0) is 16.7. The van der Waals surface area contributed by atoms with E-state index in [4.69, 9.17) is 5.73 Å². The first-order valence-electron chi connectivity index (χ1n) is 6.96. The smallest absolute Gasteiger partial charge is 0.393 e. The first-order valence-corrected chi connectivity index (χ1v) is 6.96. The lowest BCUT2D eigenvalue weighted by Gasteiger charge is -2.50. The molecule has 1 aromatic carbocycles. The number of benzene rings is 1. The Kier molecular flexibility index (Phi) is 4.12. The molecule has 1 aliphatic rings. The van der Waals surface area contributed by atoms with Crippen LogP contribution in [0.15, 0.2) is 18.2 Å². The summed E-state index contributed by atoms with van der Waals surface area (Å²) in [6.07, 6.45) is -4.26. The van der Waals surface area contributed by atoms with Crippen LogP contribution in [-0.2, 0) is 11.3 Å². The van der Waals surface area contributed by atoms with Gasteiger partial charge in [0.1, 0.15) is 5.75 Å². The Balaban J connectivity index is 2.13. The summed E-state index contributed by atoms with van der Waals surface area (Å²) >= 11 is 0. The molecule has 1 aromatic rings. The molecule has 0 aliphatic heterocycles. The first-order chi connectivity index (χ1) is 10.1. The van der Waals surface area contributed by atoms with Gasteiger partial charge in [0.05, 0.1) is 17.5 Å². The average Bonchev–Trinajstić information content (AvgIpc) is 2.36. The van der Waals surface area contributed by atoms with Crippen LogP contribution in [0.2, 0.25) is 0 Å². The summed E-state index contributed by atoms with van der Waals surface area (Å²) in [5.41, 5.74) is 5.22. The molecular weight excluding hydrogens is 297 g/mol. The summed E-state index contributed by atoms with van der Waals surface area (Å²) in [6.45, 7) is 3.22. The highest BCUT2D eigenvalue weighted by Crippen LogP contribution is 2.58. The third kappa shape index (κ3) is 3.04. The number of alkyl halides is 3. The second kappa shape index (κ2) is 5.46. The Morgan fingerprint density at radius 2 is 2.09 bits per heavy atom. The zero-order valence-corrected chi connectivity index (χ0v) is 12.4. The molecule has 0 radical (unpaired) electrons. The highest BCUT2D eigenvalue weighted by atomic mass is 19.4. The van der Waals surface area contributed by atoms with Crippen LogP contribution in [0, 0.1) is 17.3 Å². The number of rotatable bonds is 3. The summed E-state index contributed by atoms with van der Waals surface area (Å²) in [7, 11) is 0. The zero-order valence-electron chi connectivity index (χ0n) is 12.4. The Labute approximate surface area is 126 Å². The Morgan fingerprint density at radius 1 is 1.45 bits per heavy atom. The second-order valence-corrected chi connectivity index (χ2v) is 6.36. The maximum absolute atomic E-state index is 13.1. The van der Waals surface area contributed by atoms with Crippen LogP contribution in [0.5, 0.6) is 5.75 Å². The molecule has 0 bridgehead atoms. The third-order valence-electron chi connectivity index (χ3n) is 4.24. The summed E-state index contributed by atoms with van der Waals surface area (Å²) in [4.78, 5) is 12.1. The van der Waals surface area contributed by atoms with Crippen molar-refractivity contribution in [1.82, 2.24) is 0 Å². The van der Waals surface area contributed by atoms with Gasteiger partial charge in [-0.05, 0) is 29.5 Å². The lowest BCUT2D eigenvalue weighted by Crippen LogP contribution is -2.56. The predicted molar refractivity (Wildman–Crippen MR) is 76.1 cm³/mol. The summed E-state index contributed by atoms with van der Waals surface area (Å²) < 4.78 is 39.2. The van der Waals surface area contributed by atoms with E-state index in [1.54, 1.807) is 6.07 Å². The Bertz CT molecular complexity index is 575. The number of nitrogens with two attached hydrogens (primary N) is 1. The normalized spacial score (nSPS) is 23.7. The van der Waals surface area contributed by atoms with E-state index in [-0.39, 0.29) is 24.4 Å². The number of amides is 1. The number of anilines is 1. The van der Waals surface area contributed by atoms with Crippen molar-refractivity contribution in [2.75, 3.05) is 5.32 Å². The second-order valence-electron chi connectivity index (χ2n) is 6.36. The van der Waals surface area contributed by atoms with Gasteiger partial charge in [-0.15, -0.1) is 0 Å². The quantitative estimate of drug-likeness (QED) is 0.750. The predicted octanol–water partition coefficient (Wildman–Crippen LogP) is 3.01. The van der Waals surface area contributed by atoms with Crippen LogP contribution in [0.4, 0.5) is 18.9 Å². The topological polar surface area (TPSA) is 75.4 Å². The standard InChI is InChI=1S/C15H19F3N2O2/c1-14(2)6-9(12(14)15(16,17)18)13(22)20-10-4-3-8(7-19)5-11(10)21/h3-5,9,12,21H,6-7,19H2,1-2H3,(H,20,22). The van der Waals surface area contributed by atoms with Crippen molar-refractivity contribution in [3.63, 3.8) is 0 Å². The minimum atomic E-state index is -4.42. The maximum Gasteiger partial charge on any atom is 0.393 e. The lowest BCUT2D eigenvalue weighted by molar-refractivity contribution is -0.253. The molecule has 0 aromatic heterocycles. The largest absolute Gasteiger partial charge is 0.506 e. The minimum absolute atomic E-state index is 0.0906. The number of carbonyl (C=O) groups is 1. The fourth-order valence-corrected chi connectivity index (χ4v) is 3.15. The molecule has 0 spiro atoms. The molecule has 1 fully saturated rings. The van der Waals surface area contributed by atoms with Crippen LogP contribution >= 0.6 is 0 Å². The van der Waals surface area contributed by atoms with Gasteiger partial charge >= 0.3 is 6.18 Å². The molecule has 2 atom stereocenters. The van der Waals surface area contributed by atoms with Gasteiger partial charge in [-0.2, -0.15) is 13.2 Å². The van der Waals surface area contributed by atoms with Crippen LogP contribution in [0.25, 0.3) is 0 Å². The number of aromatic hydroxyl groups is 1. The molecule has 0 saturated heterocycles. The van der Waals surface area contributed by atoms with Crippen LogP contribution < -0.4 is 11.1 Å². The number of hydrogen-bond donors (Lipinski definition) is 3. The van der Waals surface area contributed by atoms with E-state index >= 15 is 0 Å². The molecule has 2 unspecified atom stereocenters. The fourth-order valence-electron chi connectivity index (χ4n) is 3.15. The van der Waals surface area contributed by atoms with Gasteiger partial charge in [0.2, 0.25) is 5.91 Å². The molecule has 1 amide bonds. The number of phenols is 1. The minimum Gasteiger partial charge on any atom is -0.506 e. The highest BCUT2D eigenvalue weighted by molar-refractivity contribution is 5.94. The molecule has 4 N–H and O–H groups in total. The fraction of sp³-hybridized carbons (Fsp3) is 0.533. The molecule has 22 heavy (non-hydrogen) atoms. The Hall–Kier alpha value is -1.76. The number of hydrogen-bond acceptors (Lipinski definition) is 3. The molecule has 7 heteroatoms. The van der Waals surface area contributed by atoms with E-state index < -0.39 is 29.3 Å². The number of phenolic OH excluding ortho intramolecular Hbond substituents is 1. The van der Waals surface area contributed by atoms with Gasteiger partial charge in [0, 0.05) is 6.54 Å². The van der Waals surface area contributed by atoms with Gasteiger partial charge in [0.25, 0.3) is 0 Å². The van der Waals surface area contributed by atoms with Gasteiger partial charge < -0.3 is 16.2 Å². The molecule has 2 rings (SSSR count). The van der Waals surface area contributed by atoms with Crippen molar-refractivity contribution in [1.29, 1.82) is 0 Å². The van der Waals surface area contributed by atoms with E-state index in [0.717, 1.165) is 0 Å². The van der Waals surface area contributed by atoms with Gasteiger partial charge in [-0.1, -0.05) is 19.9 Å². The average molecular weight is 316 g/mol. The van der Waals surface area contributed by atoms with Crippen molar-refractivity contribution >= 4 is 11.6 Å². The van der Waals surface area contributed by atoms with Crippen LogP contribution in [-0.4, -0.2) is 17.2 Å². The SMILES string of the molecule is CC1(C)CC(C(=O)Nc2ccc(CN)cc2O)C1C(F)(F)F. The van der Waals surface area contributed by atoms with Crippen molar-refractivity contribution in [3.05, 3.63) is 23.8 Å². The highest BCUT2D eigenvalue weighted by Gasteiger charge is 2.62. The van der Waals surface area contributed by atoms with E-state index in [2.05, 4.69) is 5.32 Å². The summed E-state index contributed by atoms with van der Waals surface area (Å²) in [6, 6.07) is 4.41. The number of carbonyl (C=O) groups excluding carboxylic acids is 1. The molecule has 4 nitrogen and oxygen atoms in total. The van der Waals surface area contributed by atoms with Crippen molar-refractivity contribution in [2.24, 2.45) is 23.0 Å². The lowest BCUT2D eigenvalue weighted by atomic mass is 9.55. The monoisotopic (exact) mass is 316 g/mol. The van der Waals surface area contributed by atoms with E-state index in [0.29, 0.717) is 5.56 Å². The number of nitrogens with one attached hydrogen (secondary N) is 1. The Morgan fingerprint density at radius 3 is 2.55 bits per heavy atom. The van der Waals surface area contributed by atoms with Crippen molar-refractivity contribution in [3.8, 4) is 5.75 Å². The van der Waals surface area contributed by atoms with E-state index in [9.17, 15) is 23.1 Å². The van der Waals surface area contributed by atoms with Crippen LogP contribution in [0.3, 0.4) is 0 Å².